The minimum Gasteiger partial charge on any atom is -0.320 e. The second-order valence-electron chi connectivity index (χ2n) is 3.69. The van der Waals surface area contributed by atoms with Crippen LogP contribution in [0.25, 0.3) is 0 Å². The maximum atomic E-state index is 11.2. The largest absolute Gasteiger partial charge is 0.320 e. The van der Waals surface area contributed by atoms with Crippen LogP contribution in [-0.4, -0.2) is 16.5 Å². The summed E-state index contributed by atoms with van der Waals surface area (Å²) < 4.78 is 0. The van der Waals surface area contributed by atoms with Crippen LogP contribution in [0.1, 0.15) is 11.1 Å². The van der Waals surface area contributed by atoms with Crippen LogP contribution in [0.4, 0.5) is 0 Å². The molecule has 4 nitrogen and oxygen atoms in total. The van der Waals surface area contributed by atoms with Gasteiger partial charge in [-0.05, 0) is 11.6 Å². The summed E-state index contributed by atoms with van der Waals surface area (Å²) in [5.74, 6) is 6.58. The SMILES string of the molecule is NCC#Cc1ccccc1CSc1nccc(=O)[nH]1. The number of rotatable bonds is 3. The molecule has 0 fully saturated rings. The molecule has 5 heteroatoms. The molecule has 2 aromatic rings. The van der Waals surface area contributed by atoms with Gasteiger partial charge in [-0.25, -0.2) is 4.98 Å². The van der Waals surface area contributed by atoms with Crippen molar-refractivity contribution in [3.05, 3.63) is 58.0 Å². The van der Waals surface area contributed by atoms with Gasteiger partial charge >= 0.3 is 0 Å². The van der Waals surface area contributed by atoms with Gasteiger partial charge in [0.25, 0.3) is 5.56 Å². The van der Waals surface area contributed by atoms with Crippen molar-refractivity contribution in [3.8, 4) is 11.8 Å². The van der Waals surface area contributed by atoms with E-state index in [1.54, 1.807) is 0 Å². The molecule has 96 valence electrons. The number of H-pyrrole nitrogens is 1. The number of hydrogen-bond acceptors (Lipinski definition) is 4. The third kappa shape index (κ3) is 3.98. The molecule has 0 aliphatic heterocycles. The second kappa shape index (κ2) is 6.78. The molecule has 1 aromatic heterocycles. The van der Waals surface area contributed by atoms with Gasteiger partial charge in [0.2, 0.25) is 0 Å². The molecule has 3 N–H and O–H groups in total. The number of thioether (sulfide) groups is 1. The van der Waals surface area contributed by atoms with E-state index >= 15 is 0 Å². The van der Waals surface area contributed by atoms with Gasteiger partial charge in [0.1, 0.15) is 0 Å². The Kier molecular flexibility index (Phi) is 4.78. The number of aromatic amines is 1. The first-order valence-corrected chi connectivity index (χ1v) is 6.73. The monoisotopic (exact) mass is 271 g/mol. The fourth-order valence-corrected chi connectivity index (χ4v) is 2.34. The summed E-state index contributed by atoms with van der Waals surface area (Å²) >= 11 is 1.47. The van der Waals surface area contributed by atoms with E-state index in [4.69, 9.17) is 5.73 Å². The predicted octanol–water partition coefficient (Wildman–Crippen LogP) is 1.37. The first-order chi connectivity index (χ1) is 9.29. The summed E-state index contributed by atoms with van der Waals surface area (Å²) in [4.78, 5) is 17.9. The van der Waals surface area contributed by atoms with Gasteiger partial charge in [0, 0.05) is 23.6 Å². The van der Waals surface area contributed by atoms with Gasteiger partial charge in [0.15, 0.2) is 5.16 Å². The highest BCUT2D eigenvalue weighted by Crippen LogP contribution is 2.20. The smallest absolute Gasteiger partial charge is 0.251 e. The summed E-state index contributed by atoms with van der Waals surface area (Å²) in [6, 6.07) is 9.26. The van der Waals surface area contributed by atoms with Crippen LogP contribution in [-0.2, 0) is 5.75 Å². The van der Waals surface area contributed by atoms with Crippen LogP contribution < -0.4 is 11.3 Å². The molecule has 0 bridgehead atoms. The molecule has 0 amide bonds. The summed E-state index contributed by atoms with van der Waals surface area (Å²) in [5, 5.41) is 0.606. The van der Waals surface area contributed by atoms with Gasteiger partial charge in [-0.2, -0.15) is 0 Å². The van der Waals surface area contributed by atoms with Crippen molar-refractivity contribution < 1.29 is 0 Å². The van der Waals surface area contributed by atoms with E-state index in [1.807, 2.05) is 24.3 Å². The Morgan fingerprint density at radius 3 is 2.95 bits per heavy atom. The van der Waals surface area contributed by atoms with E-state index in [0.717, 1.165) is 11.1 Å². The maximum absolute atomic E-state index is 11.2. The Bertz CT molecular complexity index is 670. The van der Waals surface area contributed by atoms with Crippen LogP contribution in [0.5, 0.6) is 0 Å². The third-order valence-corrected chi connectivity index (χ3v) is 3.29. The number of benzene rings is 1. The Morgan fingerprint density at radius 2 is 2.16 bits per heavy atom. The highest BCUT2D eigenvalue weighted by Gasteiger charge is 2.02. The predicted molar refractivity (Wildman–Crippen MR) is 76.8 cm³/mol. The zero-order chi connectivity index (χ0) is 13.5. The Balaban J connectivity index is 2.13. The van der Waals surface area contributed by atoms with Gasteiger partial charge in [-0.15, -0.1) is 0 Å². The molecule has 0 aliphatic carbocycles. The Hall–Kier alpha value is -2.03. The molecule has 0 radical (unpaired) electrons. The second-order valence-corrected chi connectivity index (χ2v) is 4.66. The zero-order valence-corrected chi connectivity index (χ0v) is 11.0. The lowest BCUT2D eigenvalue weighted by molar-refractivity contribution is 0.936. The average Bonchev–Trinajstić information content (AvgIpc) is 2.44. The maximum Gasteiger partial charge on any atom is 0.251 e. The van der Waals surface area contributed by atoms with Gasteiger partial charge in [-0.3, -0.25) is 4.79 Å². The van der Waals surface area contributed by atoms with Gasteiger partial charge < -0.3 is 10.7 Å². The lowest BCUT2D eigenvalue weighted by atomic mass is 10.1. The standard InChI is InChI=1S/C14H13N3OS/c15-8-3-6-11-4-1-2-5-12(11)10-19-14-16-9-7-13(18)17-14/h1-2,4-5,7,9H,8,10,15H2,(H,16,17,18). The normalized spacial score (nSPS) is 9.74. The lowest BCUT2D eigenvalue weighted by Crippen LogP contribution is -2.05. The van der Waals surface area contributed by atoms with E-state index in [2.05, 4.69) is 21.8 Å². The summed E-state index contributed by atoms with van der Waals surface area (Å²) in [6.45, 7) is 0.342. The van der Waals surface area contributed by atoms with Crippen molar-refractivity contribution in [2.24, 2.45) is 5.73 Å². The molecule has 0 saturated heterocycles. The van der Waals surface area contributed by atoms with Crippen LogP contribution in [0.2, 0.25) is 0 Å². The highest BCUT2D eigenvalue weighted by atomic mass is 32.2. The van der Waals surface area contributed by atoms with E-state index < -0.39 is 0 Å². The third-order valence-electron chi connectivity index (χ3n) is 2.35. The van der Waals surface area contributed by atoms with Crippen LogP contribution in [0, 0.1) is 11.8 Å². The van der Waals surface area contributed by atoms with Crippen LogP contribution in [0.3, 0.4) is 0 Å². The molecule has 1 heterocycles. The first kappa shape index (κ1) is 13.4. The molecule has 0 spiro atoms. The molecule has 2 rings (SSSR count). The fourth-order valence-electron chi connectivity index (χ4n) is 1.49. The lowest BCUT2D eigenvalue weighted by Gasteiger charge is -2.03. The van der Waals surface area contributed by atoms with Gasteiger partial charge in [-0.1, -0.05) is 41.8 Å². The van der Waals surface area contributed by atoms with Crippen molar-refractivity contribution in [3.63, 3.8) is 0 Å². The minimum absolute atomic E-state index is 0.145. The van der Waals surface area contributed by atoms with E-state index in [-0.39, 0.29) is 5.56 Å². The molecular formula is C14H13N3OS. The summed E-state index contributed by atoms with van der Waals surface area (Å²) in [5.41, 5.74) is 7.29. The Labute approximate surface area is 115 Å². The van der Waals surface area contributed by atoms with Gasteiger partial charge in [0.05, 0.1) is 6.54 Å². The van der Waals surface area contributed by atoms with E-state index in [0.29, 0.717) is 17.5 Å². The number of hydrogen-bond donors (Lipinski definition) is 2. The summed E-state index contributed by atoms with van der Waals surface area (Å²) in [7, 11) is 0. The number of aromatic nitrogens is 2. The van der Waals surface area contributed by atoms with Crippen LogP contribution in [0.15, 0.2) is 46.5 Å². The number of nitrogens with two attached hydrogens (primary N) is 1. The Morgan fingerprint density at radius 1 is 1.32 bits per heavy atom. The highest BCUT2D eigenvalue weighted by molar-refractivity contribution is 7.98. The number of nitrogens with zero attached hydrogens (tertiary/aromatic N) is 1. The van der Waals surface area contributed by atoms with Crippen molar-refractivity contribution in [2.45, 2.75) is 10.9 Å². The molecule has 19 heavy (non-hydrogen) atoms. The van der Waals surface area contributed by atoms with Crippen LogP contribution >= 0.6 is 11.8 Å². The van der Waals surface area contributed by atoms with Crippen molar-refractivity contribution in [2.75, 3.05) is 6.54 Å². The molecule has 1 aromatic carbocycles. The van der Waals surface area contributed by atoms with E-state index in [9.17, 15) is 4.79 Å². The zero-order valence-electron chi connectivity index (χ0n) is 10.2. The van der Waals surface area contributed by atoms with Crippen molar-refractivity contribution in [1.82, 2.24) is 9.97 Å². The molecule has 0 unspecified atom stereocenters. The first-order valence-electron chi connectivity index (χ1n) is 5.74. The molecule has 0 aliphatic rings. The average molecular weight is 271 g/mol. The fraction of sp³-hybridized carbons (Fsp3) is 0.143. The molecular weight excluding hydrogens is 258 g/mol. The topological polar surface area (TPSA) is 71.8 Å². The number of nitrogens with one attached hydrogen (secondary N) is 1. The molecule has 0 saturated carbocycles. The van der Waals surface area contributed by atoms with Crippen molar-refractivity contribution in [1.29, 1.82) is 0 Å². The molecule has 0 atom stereocenters. The van der Waals surface area contributed by atoms with E-state index in [1.165, 1.54) is 24.0 Å². The quantitative estimate of drug-likeness (QED) is 0.502. The van der Waals surface area contributed by atoms with Crippen molar-refractivity contribution >= 4 is 11.8 Å². The minimum atomic E-state index is -0.145. The summed E-state index contributed by atoms with van der Waals surface area (Å²) in [6.07, 6.45) is 1.50.